The van der Waals surface area contributed by atoms with Crippen LogP contribution in [-0.2, 0) is 6.18 Å². The fourth-order valence-electron chi connectivity index (χ4n) is 1.65. The Morgan fingerprint density at radius 1 is 1.29 bits per heavy atom. The first-order valence-corrected chi connectivity index (χ1v) is 7.58. The van der Waals surface area contributed by atoms with Crippen LogP contribution in [-0.4, -0.2) is 35.7 Å². The third kappa shape index (κ3) is 5.21. The lowest BCUT2D eigenvalue weighted by Gasteiger charge is -2.23. The highest BCUT2D eigenvalue weighted by atomic mass is 79.9. The number of benzene rings is 1. The van der Waals surface area contributed by atoms with E-state index in [4.69, 9.17) is 0 Å². The van der Waals surface area contributed by atoms with Crippen molar-refractivity contribution in [1.82, 2.24) is 4.90 Å². The van der Waals surface area contributed by atoms with Crippen LogP contribution < -0.4 is 0 Å². The summed E-state index contributed by atoms with van der Waals surface area (Å²) in [5.74, 6) is -1.07. The van der Waals surface area contributed by atoms with E-state index in [1.165, 1.54) is 6.07 Å². The van der Waals surface area contributed by atoms with Crippen LogP contribution in [0.1, 0.15) is 15.9 Å². The molecule has 1 aromatic rings. The molecule has 1 aromatic carbocycles. The van der Waals surface area contributed by atoms with Gasteiger partial charge in [0.05, 0.1) is 17.7 Å². The standard InChI is InChI=1S/C12H10Br2F5NO/c13-3-4-20(6-10(15)16)11(21)8-2-1-7(14)5-9(8)12(17,18)19/h1-2,5,10H,3-4,6H2. The molecular weight excluding hydrogens is 429 g/mol. The van der Waals surface area contributed by atoms with Crippen LogP contribution in [0.25, 0.3) is 0 Å². The molecule has 118 valence electrons. The lowest BCUT2D eigenvalue weighted by atomic mass is 10.1. The molecule has 0 fully saturated rings. The van der Waals surface area contributed by atoms with Gasteiger partial charge in [-0.25, -0.2) is 8.78 Å². The van der Waals surface area contributed by atoms with Crippen LogP contribution in [0.3, 0.4) is 0 Å². The molecule has 0 bridgehead atoms. The third-order valence-corrected chi connectivity index (χ3v) is 3.37. The minimum absolute atomic E-state index is 0.115. The van der Waals surface area contributed by atoms with E-state index in [2.05, 4.69) is 31.9 Å². The molecule has 0 radical (unpaired) electrons. The lowest BCUT2D eigenvalue weighted by Crippen LogP contribution is -2.37. The van der Waals surface area contributed by atoms with Crippen LogP contribution in [0.2, 0.25) is 0 Å². The van der Waals surface area contributed by atoms with E-state index >= 15 is 0 Å². The van der Waals surface area contributed by atoms with Gasteiger partial charge < -0.3 is 4.90 Å². The van der Waals surface area contributed by atoms with E-state index < -0.39 is 36.2 Å². The van der Waals surface area contributed by atoms with E-state index in [9.17, 15) is 26.7 Å². The van der Waals surface area contributed by atoms with Crippen LogP contribution >= 0.6 is 31.9 Å². The van der Waals surface area contributed by atoms with Gasteiger partial charge in [-0.05, 0) is 18.2 Å². The quantitative estimate of drug-likeness (QED) is 0.487. The molecule has 9 heteroatoms. The van der Waals surface area contributed by atoms with Crippen molar-refractivity contribution in [2.75, 3.05) is 18.4 Å². The van der Waals surface area contributed by atoms with Crippen LogP contribution in [0.4, 0.5) is 22.0 Å². The van der Waals surface area contributed by atoms with Gasteiger partial charge in [-0.1, -0.05) is 31.9 Å². The fourth-order valence-corrected chi connectivity index (χ4v) is 2.44. The molecule has 0 heterocycles. The highest BCUT2D eigenvalue weighted by Gasteiger charge is 2.36. The van der Waals surface area contributed by atoms with Crippen molar-refractivity contribution < 1.29 is 26.7 Å². The predicted octanol–water partition coefficient (Wildman–Crippen LogP) is 4.57. The average Bonchev–Trinajstić information content (AvgIpc) is 2.36. The lowest BCUT2D eigenvalue weighted by molar-refractivity contribution is -0.138. The van der Waals surface area contributed by atoms with Crippen molar-refractivity contribution in [1.29, 1.82) is 0 Å². The van der Waals surface area contributed by atoms with Crippen molar-refractivity contribution in [3.8, 4) is 0 Å². The maximum absolute atomic E-state index is 13.0. The van der Waals surface area contributed by atoms with Crippen LogP contribution in [0.15, 0.2) is 22.7 Å². The van der Waals surface area contributed by atoms with Gasteiger partial charge in [0, 0.05) is 16.3 Å². The molecular formula is C12H10Br2F5NO. The summed E-state index contributed by atoms with van der Waals surface area (Å²) in [7, 11) is 0. The number of halogens is 7. The van der Waals surface area contributed by atoms with Gasteiger partial charge in [0.15, 0.2) is 0 Å². The van der Waals surface area contributed by atoms with E-state index in [0.717, 1.165) is 12.1 Å². The Hall–Kier alpha value is -0.700. The molecule has 0 saturated heterocycles. The van der Waals surface area contributed by atoms with Crippen molar-refractivity contribution in [2.24, 2.45) is 0 Å². The maximum atomic E-state index is 13.0. The summed E-state index contributed by atoms with van der Waals surface area (Å²) in [6.07, 6.45) is -7.57. The minimum Gasteiger partial charge on any atom is -0.332 e. The van der Waals surface area contributed by atoms with E-state index in [-0.39, 0.29) is 16.3 Å². The molecule has 0 atom stereocenters. The number of carbonyl (C=O) groups is 1. The summed E-state index contributed by atoms with van der Waals surface area (Å²) in [4.78, 5) is 12.8. The summed E-state index contributed by atoms with van der Waals surface area (Å²) in [6, 6.07) is 2.99. The van der Waals surface area contributed by atoms with Gasteiger partial charge >= 0.3 is 6.18 Å². The second kappa shape index (κ2) is 7.53. The molecule has 0 aliphatic heterocycles. The predicted molar refractivity (Wildman–Crippen MR) is 74.8 cm³/mol. The molecule has 0 aliphatic carbocycles. The van der Waals surface area contributed by atoms with Gasteiger partial charge in [0.1, 0.15) is 0 Å². The Kier molecular flexibility index (Phi) is 6.58. The maximum Gasteiger partial charge on any atom is 0.417 e. The molecule has 0 unspecified atom stereocenters. The number of carbonyl (C=O) groups excluding carboxylic acids is 1. The average molecular weight is 439 g/mol. The van der Waals surface area contributed by atoms with Crippen LogP contribution in [0.5, 0.6) is 0 Å². The highest BCUT2D eigenvalue weighted by molar-refractivity contribution is 9.10. The summed E-state index contributed by atoms with van der Waals surface area (Å²) in [5.41, 5.74) is -1.80. The van der Waals surface area contributed by atoms with Gasteiger partial charge in [-0.15, -0.1) is 0 Å². The summed E-state index contributed by atoms with van der Waals surface area (Å²) in [5, 5.41) is 0.184. The fraction of sp³-hybridized carbons (Fsp3) is 0.417. The molecule has 1 rings (SSSR count). The molecule has 0 aromatic heterocycles. The Morgan fingerprint density at radius 3 is 2.38 bits per heavy atom. The number of hydrogen-bond acceptors (Lipinski definition) is 1. The monoisotopic (exact) mass is 437 g/mol. The Balaban J connectivity index is 3.21. The summed E-state index contributed by atoms with van der Waals surface area (Å²) in [6.45, 7) is -1.03. The first-order chi connectivity index (χ1) is 9.66. The van der Waals surface area contributed by atoms with Crippen molar-refractivity contribution in [3.63, 3.8) is 0 Å². The highest BCUT2D eigenvalue weighted by Crippen LogP contribution is 2.34. The van der Waals surface area contributed by atoms with Gasteiger partial charge in [-0.2, -0.15) is 13.2 Å². The second-order valence-corrected chi connectivity index (χ2v) is 5.73. The zero-order valence-electron chi connectivity index (χ0n) is 10.4. The second-order valence-electron chi connectivity index (χ2n) is 4.02. The van der Waals surface area contributed by atoms with Gasteiger partial charge in [-0.3, -0.25) is 4.79 Å². The van der Waals surface area contributed by atoms with E-state index in [0.29, 0.717) is 4.90 Å². The number of alkyl halides is 6. The number of rotatable bonds is 5. The number of hydrogen-bond donors (Lipinski definition) is 0. The Morgan fingerprint density at radius 2 is 1.90 bits per heavy atom. The minimum atomic E-state index is -4.75. The molecule has 0 saturated carbocycles. The van der Waals surface area contributed by atoms with E-state index in [1.807, 2.05) is 0 Å². The molecule has 1 amide bonds. The van der Waals surface area contributed by atoms with Crippen molar-refractivity contribution >= 4 is 37.8 Å². The zero-order chi connectivity index (χ0) is 16.2. The van der Waals surface area contributed by atoms with Gasteiger partial charge in [0.25, 0.3) is 12.3 Å². The Bertz CT molecular complexity index is 507. The number of nitrogens with zero attached hydrogens (tertiary/aromatic N) is 1. The van der Waals surface area contributed by atoms with Crippen LogP contribution in [0, 0.1) is 0 Å². The summed E-state index contributed by atoms with van der Waals surface area (Å²) < 4.78 is 63.9. The largest absolute Gasteiger partial charge is 0.417 e. The van der Waals surface area contributed by atoms with Crippen molar-refractivity contribution in [3.05, 3.63) is 33.8 Å². The molecule has 0 spiro atoms. The SMILES string of the molecule is O=C(c1ccc(Br)cc1C(F)(F)F)N(CCBr)CC(F)F. The normalized spacial score (nSPS) is 11.8. The molecule has 21 heavy (non-hydrogen) atoms. The molecule has 2 nitrogen and oxygen atoms in total. The van der Waals surface area contributed by atoms with Crippen molar-refractivity contribution in [2.45, 2.75) is 12.6 Å². The van der Waals surface area contributed by atoms with E-state index in [1.54, 1.807) is 0 Å². The smallest absolute Gasteiger partial charge is 0.332 e. The number of amides is 1. The molecule has 0 N–H and O–H groups in total. The molecule has 0 aliphatic rings. The third-order valence-electron chi connectivity index (χ3n) is 2.52. The first-order valence-electron chi connectivity index (χ1n) is 5.67. The topological polar surface area (TPSA) is 20.3 Å². The summed E-state index contributed by atoms with van der Waals surface area (Å²) >= 11 is 5.88. The van der Waals surface area contributed by atoms with Gasteiger partial charge in [0.2, 0.25) is 0 Å². The Labute approximate surface area is 134 Å². The zero-order valence-corrected chi connectivity index (χ0v) is 13.6. The first kappa shape index (κ1) is 18.3.